The number of nitrogens with zero attached hydrogens (tertiary/aromatic N) is 2. The van der Waals surface area contributed by atoms with Gasteiger partial charge in [-0.25, -0.2) is 4.39 Å². The third-order valence-electron chi connectivity index (χ3n) is 6.27. The summed E-state index contributed by atoms with van der Waals surface area (Å²) in [6, 6.07) is 12.2. The summed E-state index contributed by atoms with van der Waals surface area (Å²) in [5.41, 5.74) is 6.14. The Labute approximate surface area is 190 Å². The lowest BCUT2D eigenvalue weighted by molar-refractivity contribution is -0.140. The number of likely N-dealkylation sites (tertiary alicyclic amines) is 2. The van der Waals surface area contributed by atoms with Crippen molar-refractivity contribution in [1.29, 1.82) is 0 Å². The molecule has 9 heteroatoms. The third-order valence-corrected chi connectivity index (χ3v) is 6.52. The van der Waals surface area contributed by atoms with Gasteiger partial charge in [0.1, 0.15) is 11.4 Å². The number of piperidine rings is 1. The molecule has 3 amide bonds. The molecule has 1 atom stereocenters. The molecular formula is C23H24ClFN4O3. The number of anilines is 1. The molecule has 0 bridgehead atoms. The fourth-order valence-electron chi connectivity index (χ4n) is 4.35. The van der Waals surface area contributed by atoms with Crippen LogP contribution in [0, 0.1) is 5.82 Å². The summed E-state index contributed by atoms with van der Waals surface area (Å²) in [6.45, 7) is 1.06. The number of nitrogens with one attached hydrogen (secondary N) is 1. The molecule has 32 heavy (non-hydrogen) atoms. The Balaban J connectivity index is 1.42. The first-order valence-electron chi connectivity index (χ1n) is 10.4. The number of rotatable bonds is 6. The molecule has 0 unspecified atom stereocenters. The Bertz CT molecular complexity index is 1020. The quantitative estimate of drug-likeness (QED) is 0.648. The lowest BCUT2D eigenvalue weighted by atomic mass is 9.85. The van der Waals surface area contributed by atoms with E-state index in [-0.39, 0.29) is 30.6 Å². The molecule has 0 aliphatic carbocycles. The van der Waals surface area contributed by atoms with Crippen molar-refractivity contribution in [2.45, 2.75) is 37.4 Å². The van der Waals surface area contributed by atoms with Crippen LogP contribution < -0.4 is 11.1 Å². The van der Waals surface area contributed by atoms with Crippen molar-refractivity contribution >= 4 is 35.0 Å². The van der Waals surface area contributed by atoms with Gasteiger partial charge in [-0.2, -0.15) is 0 Å². The molecule has 0 aromatic heterocycles. The number of nitrogens with two attached hydrogens (primary N) is 1. The summed E-state index contributed by atoms with van der Waals surface area (Å²) in [4.78, 5) is 41.1. The van der Waals surface area contributed by atoms with Crippen LogP contribution in [0.15, 0.2) is 48.5 Å². The van der Waals surface area contributed by atoms with E-state index < -0.39 is 17.5 Å². The van der Waals surface area contributed by atoms with Gasteiger partial charge in [0.2, 0.25) is 17.7 Å². The van der Waals surface area contributed by atoms with Crippen LogP contribution in [0.5, 0.6) is 0 Å². The fraction of sp³-hybridized carbons (Fsp3) is 0.348. The Morgan fingerprint density at radius 3 is 2.31 bits per heavy atom. The zero-order valence-electron chi connectivity index (χ0n) is 17.4. The molecule has 2 aliphatic rings. The van der Waals surface area contributed by atoms with Gasteiger partial charge in [-0.15, -0.1) is 0 Å². The number of hydrogen-bond acceptors (Lipinski definition) is 5. The molecule has 0 radical (unpaired) electrons. The maximum Gasteiger partial charge on any atom is 0.247 e. The van der Waals surface area contributed by atoms with Gasteiger partial charge in [0.05, 0.1) is 19.0 Å². The average Bonchev–Trinajstić information content (AvgIpc) is 3.05. The van der Waals surface area contributed by atoms with E-state index in [0.717, 1.165) is 5.56 Å². The minimum Gasteiger partial charge on any atom is -0.371 e. The predicted molar refractivity (Wildman–Crippen MR) is 118 cm³/mol. The summed E-state index contributed by atoms with van der Waals surface area (Å²) in [6.07, 6.45) is 0.852. The Morgan fingerprint density at radius 2 is 1.72 bits per heavy atom. The van der Waals surface area contributed by atoms with E-state index in [1.165, 1.54) is 17.0 Å². The van der Waals surface area contributed by atoms with E-state index >= 15 is 0 Å². The van der Waals surface area contributed by atoms with Crippen molar-refractivity contribution in [3.63, 3.8) is 0 Å². The molecule has 2 aromatic rings. The van der Waals surface area contributed by atoms with Crippen LogP contribution in [0.2, 0.25) is 5.02 Å². The molecule has 4 rings (SSSR count). The van der Waals surface area contributed by atoms with E-state index in [1.807, 2.05) is 4.90 Å². The monoisotopic (exact) mass is 458 g/mol. The van der Waals surface area contributed by atoms with E-state index in [1.54, 1.807) is 36.4 Å². The topological polar surface area (TPSA) is 95.7 Å². The Hall–Kier alpha value is -2.97. The van der Waals surface area contributed by atoms with E-state index in [2.05, 4.69) is 5.32 Å². The molecule has 3 N–H and O–H groups in total. The second kappa shape index (κ2) is 8.88. The van der Waals surface area contributed by atoms with Gasteiger partial charge in [0.15, 0.2) is 0 Å². The maximum atomic E-state index is 13.2. The highest BCUT2D eigenvalue weighted by atomic mass is 35.5. The van der Waals surface area contributed by atoms with Crippen LogP contribution in [0.25, 0.3) is 0 Å². The summed E-state index contributed by atoms with van der Waals surface area (Å²) in [7, 11) is 0. The molecule has 0 spiro atoms. The average molecular weight is 459 g/mol. The number of carbonyl (C=O) groups is 3. The number of hydrogen-bond donors (Lipinski definition) is 2. The van der Waals surface area contributed by atoms with Crippen molar-refractivity contribution in [3.8, 4) is 0 Å². The van der Waals surface area contributed by atoms with Gasteiger partial charge in [0.25, 0.3) is 0 Å². The van der Waals surface area contributed by atoms with E-state index in [4.69, 9.17) is 17.3 Å². The van der Waals surface area contributed by atoms with Crippen LogP contribution in [0.1, 0.15) is 24.8 Å². The largest absolute Gasteiger partial charge is 0.371 e. The first-order chi connectivity index (χ1) is 15.3. The zero-order chi connectivity index (χ0) is 22.9. The molecule has 0 saturated carbocycles. The highest BCUT2D eigenvalue weighted by Gasteiger charge is 2.46. The molecule has 7 nitrogen and oxygen atoms in total. The second-order valence-electron chi connectivity index (χ2n) is 8.28. The molecule has 2 aromatic carbocycles. The van der Waals surface area contributed by atoms with Gasteiger partial charge < -0.3 is 11.1 Å². The standard InChI is InChI=1S/C23H24ClFN4O3/c24-16-3-1-15(2-4-16)14-29-20(30)13-19(21(29)31)28-11-9-23(10-12-28,22(26)32)27-18-7-5-17(25)6-8-18/h1-8,19,27H,9-14H2,(H2,26,32)/t19-/m0/s1. The predicted octanol–water partition coefficient (Wildman–Crippen LogP) is 2.54. The summed E-state index contributed by atoms with van der Waals surface area (Å²) in [5.74, 6) is -1.32. The number of carbonyl (C=O) groups excluding carboxylic acids is 3. The second-order valence-corrected chi connectivity index (χ2v) is 8.72. The number of halogens is 2. The number of amides is 3. The first kappa shape index (κ1) is 22.2. The molecule has 2 saturated heterocycles. The van der Waals surface area contributed by atoms with Crippen molar-refractivity contribution < 1.29 is 18.8 Å². The van der Waals surface area contributed by atoms with Crippen LogP contribution in [0.4, 0.5) is 10.1 Å². The van der Waals surface area contributed by atoms with Crippen molar-refractivity contribution in [2.75, 3.05) is 18.4 Å². The van der Waals surface area contributed by atoms with Crippen molar-refractivity contribution in [1.82, 2.24) is 9.80 Å². The molecule has 2 heterocycles. The van der Waals surface area contributed by atoms with Gasteiger partial charge in [-0.1, -0.05) is 23.7 Å². The maximum absolute atomic E-state index is 13.2. The Morgan fingerprint density at radius 1 is 1.09 bits per heavy atom. The van der Waals surface area contributed by atoms with Crippen molar-refractivity contribution in [3.05, 3.63) is 64.9 Å². The van der Waals surface area contributed by atoms with Crippen LogP contribution in [-0.4, -0.2) is 52.2 Å². The lowest BCUT2D eigenvalue weighted by Gasteiger charge is -2.42. The summed E-state index contributed by atoms with van der Waals surface area (Å²) in [5, 5.41) is 3.75. The number of primary amides is 1. The highest BCUT2D eigenvalue weighted by Crippen LogP contribution is 2.31. The highest BCUT2D eigenvalue weighted by molar-refractivity contribution is 6.30. The summed E-state index contributed by atoms with van der Waals surface area (Å²) < 4.78 is 13.2. The fourth-order valence-corrected chi connectivity index (χ4v) is 4.48. The minimum atomic E-state index is -0.997. The smallest absolute Gasteiger partial charge is 0.247 e. The third kappa shape index (κ3) is 4.47. The summed E-state index contributed by atoms with van der Waals surface area (Å²) >= 11 is 5.90. The molecule has 2 aliphatic heterocycles. The number of imide groups is 1. The first-order valence-corrected chi connectivity index (χ1v) is 10.8. The molecular weight excluding hydrogens is 435 g/mol. The molecule has 2 fully saturated rings. The van der Waals surface area contributed by atoms with Gasteiger partial charge in [-0.3, -0.25) is 24.2 Å². The van der Waals surface area contributed by atoms with Gasteiger partial charge in [0, 0.05) is 23.8 Å². The number of benzene rings is 2. The molecule has 168 valence electrons. The van der Waals surface area contributed by atoms with Crippen LogP contribution in [0.3, 0.4) is 0 Å². The normalized spacial score (nSPS) is 21.1. The van der Waals surface area contributed by atoms with E-state index in [9.17, 15) is 18.8 Å². The van der Waals surface area contributed by atoms with Crippen molar-refractivity contribution in [2.24, 2.45) is 5.73 Å². The lowest BCUT2D eigenvalue weighted by Crippen LogP contribution is -2.59. The van der Waals surface area contributed by atoms with Crippen LogP contribution >= 0.6 is 11.6 Å². The van der Waals surface area contributed by atoms with Gasteiger partial charge in [-0.05, 0) is 54.8 Å². The van der Waals surface area contributed by atoms with Crippen LogP contribution in [-0.2, 0) is 20.9 Å². The van der Waals surface area contributed by atoms with Gasteiger partial charge >= 0.3 is 0 Å². The zero-order valence-corrected chi connectivity index (χ0v) is 18.1. The Kier molecular flexibility index (Phi) is 6.17. The van der Waals surface area contributed by atoms with E-state index in [0.29, 0.717) is 36.6 Å². The SMILES string of the molecule is NC(=O)C1(Nc2ccc(F)cc2)CCN([C@H]2CC(=O)N(Cc3ccc(Cl)cc3)C2=O)CC1. The minimum absolute atomic E-state index is 0.112.